The third-order valence-electron chi connectivity index (χ3n) is 6.18. The van der Waals surface area contributed by atoms with Gasteiger partial charge in [-0.05, 0) is 68.1 Å². The Hall–Kier alpha value is -3.16. The van der Waals surface area contributed by atoms with E-state index in [0.717, 1.165) is 75.0 Å². The van der Waals surface area contributed by atoms with Gasteiger partial charge in [0.15, 0.2) is 11.5 Å². The molecule has 1 aromatic heterocycles. The smallest absolute Gasteiger partial charge is 0.182 e. The van der Waals surface area contributed by atoms with E-state index in [1.54, 1.807) is 0 Å². The Bertz CT molecular complexity index is 1050. The van der Waals surface area contributed by atoms with Gasteiger partial charge in [0.2, 0.25) is 0 Å². The Morgan fingerprint density at radius 3 is 2.38 bits per heavy atom. The maximum Gasteiger partial charge on any atom is 0.182 e. The summed E-state index contributed by atoms with van der Waals surface area (Å²) < 4.78 is 5.93. The number of carbonyl (C=O) groups is 1. The number of nitrogens with zero attached hydrogens (tertiary/aromatic N) is 2. The molecule has 1 aliphatic heterocycles. The van der Waals surface area contributed by atoms with Crippen LogP contribution in [0.5, 0.6) is 5.75 Å². The van der Waals surface area contributed by atoms with Gasteiger partial charge in [-0.3, -0.25) is 9.89 Å². The summed E-state index contributed by atoms with van der Waals surface area (Å²) >= 11 is 0. The summed E-state index contributed by atoms with van der Waals surface area (Å²) in [7, 11) is 0. The lowest BCUT2D eigenvalue weighted by Crippen LogP contribution is -2.43. The molecule has 1 aliphatic rings. The summed E-state index contributed by atoms with van der Waals surface area (Å²) in [5.74, 6) is 0.869. The quantitative estimate of drug-likeness (QED) is 0.291. The molecule has 0 aliphatic carbocycles. The van der Waals surface area contributed by atoms with Crippen molar-refractivity contribution in [1.29, 1.82) is 0 Å². The normalized spacial score (nSPS) is 14.2. The van der Waals surface area contributed by atoms with E-state index in [-0.39, 0.29) is 5.78 Å². The minimum atomic E-state index is -0.0638. The number of unbranched alkanes of at least 4 members (excludes halogenated alkanes) is 1. The summed E-state index contributed by atoms with van der Waals surface area (Å²) in [5, 5.41) is 13.7. The van der Waals surface area contributed by atoms with Gasteiger partial charge < -0.3 is 20.3 Å². The van der Waals surface area contributed by atoms with Gasteiger partial charge in [0.05, 0.1) is 18.0 Å². The monoisotopic (exact) mass is 461 g/mol. The molecule has 7 nitrogen and oxygen atoms in total. The van der Waals surface area contributed by atoms with Crippen molar-refractivity contribution in [1.82, 2.24) is 20.4 Å². The van der Waals surface area contributed by atoms with Crippen molar-refractivity contribution in [2.24, 2.45) is 0 Å². The highest BCUT2D eigenvalue weighted by Gasteiger charge is 2.14. The molecule has 4 rings (SSSR count). The number of ether oxygens (including phenoxy) is 1. The van der Waals surface area contributed by atoms with Crippen molar-refractivity contribution in [3.63, 3.8) is 0 Å². The number of piperazine rings is 1. The van der Waals surface area contributed by atoms with Crippen LogP contribution in [0.1, 0.15) is 47.1 Å². The largest absolute Gasteiger partial charge is 0.494 e. The lowest BCUT2D eigenvalue weighted by Gasteiger charge is -2.26. The third-order valence-corrected chi connectivity index (χ3v) is 6.18. The van der Waals surface area contributed by atoms with Gasteiger partial charge in [0.1, 0.15) is 5.75 Å². The molecule has 1 saturated heterocycles. The Morgan fingerprint density at radius 2 is 1.71 bits per heavy atom. The summed E-state index contributed by atoms with van der Waals surface area (Å²) in [4.78, 5) is 14.3. The van der Waals surface area contributed by atoms with E-state index in [1.165, 1.54) is 24.5 Å². The lowest BCUT2D eigenvalue weighted by atomic mass is 10.0. The van der Waals surface area contributed by atoms with Gasteiger partial charge >= 0.3 is 0 Å². The van der Waals surface area contributed by atoms with Crippen LogP contribution in [0.15, 0.2) is 48.5 Å². The second-order valence-corrected chi connectivity index (χ2v) is 8.92. The molecule has 0 spiro atoms. The van der Waals surface area contributed by atoms with Gasteiger partial charge in [-0.1, -0.05) is 24.3 Å². The minimum absolute atomic E-state index is 0.0638. The van der Waals surface area contributed by atoms with E-state index in [9.17, 15) is 4.79 Å². The van der Waals surface area contributed by atoms with Gasteiger partial charge in [-0.2, -0.15) is 5.10 Å². The first-order valence-electron chi connectivity index (χ1n) is 12.1. The molecule has 0 bridgehead atoms. The Morgan fingerprint density at radius 1 is 1.03 bits per heavy atom. The SMILES string of the molecule is CC(=O)c1n[nH]c(C)c1Nc1ccc(Cc2ccc(OCCCCN3CCNCC3)cc2)cc1. The maximum absolute atomic E-state index is 11.8. The van der Waals surface area contributed by atoms with E-state index in [2.05, 4.69) is 62.1 Å². The Labute approximate surface area is 201 Å². The number of aromatic nitrogens is 2. The van der Waals surface area contributed by atoms with Crippen LogP contribution >= 0.6 is 0 Å². The molecule has 2 aromatic carbocycles. The topological polar surface area (TPSA) is 82.3 Å². The minimum Gasteiger partial charge on any atom is -0.494 e. The number of aryl methyl sites for hydroxylation is 1. The number of nitrogens with one attached hydrogen (secondary N) is 3. The number of ketones is 1. The molecule has 180 valence electrons. The van der Waals surface area contributed by atoms with Gasteiger partial charge in [-0.15, -0.1) is 0 Å². The molecule has 0 saturated carbocycles. The molecule has 0 unspecified atom stereocenters. The van der Waals surface area contributed by atoms with E-state index in [1.807, 2.05) is 19.1 Å². The summed E-state index contributed by atoms with van der Waals surface area (Å²) in [6.45, 7) is 9.89. The van der Waals surface area contributed by atoms with Crippen molar-refractivity contribution >= 4 is 17.2 Å². The van der Waals surface area contributed by atoms with E-state index >= 15 is 0 Å². The molecule has 2 heterocycles. The highest BCUT2D eigenvalue weighted by molar-refractivity contribution is 5.98. The van der Waals surface area contributed by atoms with Gasteiger partial charge in [0.25, 0.3) is 0 Å². The highest BCUT2D eigenvalue weighted by atomic mass is 16.5. The van der Waals surface area contributed by atoms with Crippen LogP contribution in [0.3, 0.4) is 0 Å². The molecular weight excluding hydrogens is 426 g/mol. The number of hydrogen-bond donors (Lipinski definition) is 3. The zero-order valence-corrected chi connectivity index (χ0v) is 20.2. The van der Waals surface area contributed by atoms with Crippen LogP contribution in [0.4, 0.5) is 11.4 Å². The van der Waals surface area contributed by atoms with Gasteiger partial charge in [-0.25, -0.2) is 0 Å². The summed E-state index contributed by atoms with van der Waals surface area (Å²) in [5.41, 5.74) is 5.41. The fraction of sp³-hybridized carbons (Fsp3) is 0.407. The second-order valence-electron chi connectivity index (χ2n) is 8.92. The first-order valence-corrected chi connectivity index (χ1v) is 12.1. The van der Waals surface area contributed by atoms with Gasteiger partial charge in [0, 0.05) is 38.8 Å². The summed E-state index contributed by atoms with van der Waals surface area (Å²) in [6, 6.07) is 16.7. The van der Waals surface area contributed by atoms with Crippen molar-refractivity contribution in [2.75, 3.05) is 44.6 Å². The number of H-pyrrole nitrogens is 1. The number of carbonyl (C=O) groups excluding carboxylic acids is 1. The maximum atomic E-state index is 11.8. The van der Waals surface area contributed by atoms with E-state index in [4.69, 9.17) is 4.74 Å². The van der Waals surface area contributed by atoms with Crippen LogP contribution in [0, 0.1) is 6.92 Å². The Kier molecular flexibility index (Phi) is 8.33. The van der Waals surface area contributed by atoms with Crippen molar-refractivity contribution in [3.8, 4) is 5.75 Å². The standard InChI is InChI=1S/C27H35N5O2/c1-20-26(27(21(2)33)31-30-20)29-24-9-5-22(6-10-24)19-23-7-11-25(12-8-23)34-18-4-3-15-32-16-13-28-14-17-32/h5-12,28-29H,3-4,13-19H2,1-2H3,(H,30,31). The van der Waals surface area contributed by atoms with E-state index in [0.29, 0.717) is 5.69 Å². The van der Waals surface area contributed by atoms with Crippen LogP contribution in [0.2, 0.25) is 0 Å². The first-order chi connectivity index (χ1) is 16.6. The molecule has 3 aromatic rings. The second kappa shape index (κ2) is 11.8. The first kappa shape index (κ1) is 24.0. The van der Waals surface area contributed by atoms with Crippen molar-refractivity contribution in [3.05, 3.63) is 71.0 Å². The highest BCUT2D eigenvalue weighted by Crippen LogP contribution is 2.24. The molecule has 3 N–H and O–H groups in total. The van der Waals surface area contributed by atoms with Crippen LogP contribution in [-0.4, -0.2) is 60.2 Å². The fourth-order valence-electron chi connectivity index (χ4n) is 4.19. The average molecular weight is 462 g/mol. The number of rotatable bonds is 11. The van der Waals surface area contributed by atoms with Crippen LogP contribution in [0.25, 0.3) is 0 Å². The van der Waals surface area contributed by atoms with Crippen LogP contribution < -0.4 is 15.4 Å². The number of Topliss-reactive ketones (excluding diaryl/α,β-unsaturated/α-hetero) is 1. The molecule has 7 heteroatoms. The number of anilines is 2. The van der Waals surface area contributed by atoms with Crippen LogP contribution in [-0.2, 0) is 6.42 Å². The number of hydrogen-bond acceptors (Lipinski definition) is 6. The third kappa shape index (κ3) is 6.68. The number of benzene rings is 2. The molecule has 0 atom stereocenters. The predicted molar refractivity (Wildman–Crippen MR) is 136 cm³/mol. The summed E-state index contributed by atoms with van der Waals surface area (Å²) in [6.07, 6.45) is 3.12. The molecule has 1 fully saturated rings. The number of aromatic amines is 1. The molecule has 0 radical (unpaired) electrons. The lowest BCUT2D eigenvalue weighted by molar-refractivity contribution is 0.101. The molecular formula is C27H35N5O2. The fourth-order valence-corrected chi connectivity index (χ4v) is 4.19. The average Bonchev–Trinajstić information content (AvgIpc) is 3.22. The van der Waals surface area contributed by atoms with E-state index < -0.39 is 0 Å². The zero-order chi connectivity index (χ0) is 23.8. The van der Waals surface area contributed by atoms with Crippen molar-refractivity contribution < 1.29 is 9.53 Å². The van der Waals surface area contributed by atoms with Crippen molar-refractivity contribution in [2.45, 2.75) is 33.1 Å². The predicted octanol–water partition coefficient (Wildman–Crippen LogP) is 4.32. The zero-order valence-electron chi connectivity index (χ0n) is 20.2. The Balaban J connectivity index is 1.22. The molecule has 34 heavy (non-hydrogen) atoms. The molecule has 0 amide bonds.